The molecule has 0 saturated carbocycles. The molecule has 0 saturated heterocycles. The van der Waals surface area contributed by atoms with Gasteiger partial charge >= 0.3 is 0 Å². The van der Waals surface area contributed by atoms with Crippen LogP contribution in [0.15, 0.2) is 58.8 Å². The third-order valence-electron chi connectivity index (χ3n) is 3.55. The first-order valence-electron chi connectivity index (χ1n) is 7.68. The van der Waals surface area contributed by atoms with E-state index >= 15 is 0 Å². The van der Waals surface area contributed by atoms with Gasteiger partial charge in [-0.05, 0) is 36.8 Å². The molecule has 2 N–H and O–H groups in total. The van der Waals surface area contributed by atoms with Gasteiger partial charge in [-0.2, -0.15) is 5.10 Å². The Morgan fingerprint density at radius 3 is 2.69 bits per heavy atom. The molecule has 3 aromatic rings. The number of aromatic nitrogens is 2. The highest BCUT2D eigenvalue weighted by molar-refractivity contribution is 7.99. The smallest absolute Gasteiger partial charge is 0.269 e. The second-order valence-electron chi connectivity index (χ2n) is 5.38. The number of nitrogens with zero attached hydrogens (tertiary/aromatic N) is 3. The number of thioether (sulfide) groups is 1. The number of benzene rings is 2. The summed E-state index contributed by atoms with van der Waals surface area (Å²) in [4.78, 5) is 29.7. The monoisotopic (exact) mass is 369 g/mol. The van der Waals surface area contributed by atoms with Crippen molar-refractivity contribution in [3.05, 3.63) is 64.2 Å². The van der Waals surface area contributed by atoms with Crippen molar-refractivity contribution < 1.29 is 9.72 Å². The summed E-state index contributed by atoms with van der Waals surface area (Å²) in [6.45, 7) is 1.72. The van der Waals surface area contributed by atoms with E-state index in [9.17, 15) is 14.9 Å². The molecule has 0 fully saturated rings. The molecular weight excluding hydrogens is 354 g/mol. The number of carbonyl (C=O) groups excluding carboxylic acids is 1. The second kappa shape index (κ2) is 7.79. The summed E-state index contributed by atoms with van der Waals surface area (Å²) in [5, 5.41) is 15.3. The van der Waals surface area contributed by atoms with Crippen molar-refractivity contribution in [3.8, 4) is 0 Å². The highest BCUT2D eigenvalue weighted by Crippen LogP contribution is 2.18. The lowest BCUT2D eigenvalue weighted by Crippen LogP contribution is -2.21. The van der Waals surface area contributed by atoms with Gasteiger partial charge in [-0.1, -0.05) is 23.9 Å². The van der Waals surface area contributed by atoms with Gasteiger partial charge in [0.2, 0.25) is 0 Å². The van der Waals surface area contributed by atoms with E-state index in [0.717, 1.165) is 11.0 Å². The summed E-state index contributed by atoms with van der Waals surface area (Å²) in [6.07, 6.45) is 0. The number of fused-ring (bicyclic) bond motifs is 1. The van der Waals surface area contributed by atoms with Crippen LogP contribution in [0.1, 0.15) is 12.5 Å². The number of rotatable bonds is 6. The Balaban J connectivity index is 1.55. The van der Waals surface area contributed by atoms with Crippen LogP contribution in [0.5, 0.6) is 0 Å². The van der Waals surface area contributed by atoms with Crippen LogP contribution in [0.4, 0.5) is 5.69 Å². The third kappa shape index (κ3) is 4.25. The lowest BCUT2D eigenvalue weighted by molar-refractivity contribution is -0.384. The van der Waals surface area contributed by atoms with Gasteiger partial charge < -0.3 is 4.98 Å². The van der Waals surface area contributed by atoms with Crippen LogP contribution in [-0.4, -0.2) is 32.3 Å². The molecular formula is C17H15N5O3S. The molecule has 1 aromatic heterocycles. The number of carbonyl (C=O) groups is 1. The molecule has 0 aliphatic carbocycles. The van der Waals surface area contributed by atoms with Crippen molar-refractivity contribution >= 4 is 40.1 Å². The Labute approximate surface area is 152 Å². The predicted molar refractivity (Wildman–Crippen MR) is 100 cm³/mol. The Morgan fingerprint density at radius 1 is 1.27 bits per heavy atom. The van der Waals surface area contributed by atoms with E-state index < -0.39 is 4.92 Å². The first kappa shape index (κ1) is 17.6. The minimum Gasteiger partial charge on any atom is -0.333 e. The first-order valence-corrected chi connectivity index (χ1v) is 8.67. The zero-order valence-electron chi connectivity index (χ0n) is 13.8. The van der Waals surface area contributed by atoms with Gasteiger partial charge in [-0.25, -0.2) is 10.4 Å². The molecule has 0 unspecified atom stereocenters. The van der Waals surface area contributed by atoms with Crippen molar-refractivity contribution in [2.75, 3.05) is 5.75 Å². The Hall–Kier alpha value is -3.20. The summed E-state index contributed by atoms with van der Waals surface area (Å²) in [5.74, 6) is -0.103. The summed E-state index contributed by atoms with van der Waals surface area (Å²) in [6, 6.07) is 13.6. The molecule has 9 heteroatoms. The fourth-order valence-electron chi connectivity index (χ4n) is 2.20. The number of amides is 1. The van der Waals surface area contributed by atoms with Gasteiger partial charge in [0.25, 0.3) is 11.6 Å². The van der Waals surface area contributed by atoms with Gasteiger partial charge in [0.1, 0.15) is 0 Å². The van der Waals surface area contributed by atoms with E-state index in [1.165, 1.54) is 23.9 Å². The van der Waals surface area contributed by atoms with Crippen LogP contribution < -0.4 is 5.43 Å². The van der Waals surface area contributed by atoms with E-state index in [-0.39, 0.29) is 17.3 Å². The van der Waals surface area contributed by atoms with Crippen LogP contribution in [0.3, 0.4) is 0 Å². The summed E-state index contributed by atoms with van der Waals surface area (Å²) in [7, 11) is 0. The number of nitro benzene ring substituents is 1. The number of nitro groups is 1. The largest absolute Gasteiger partial charge is 0.333 e. The number of imidazole rings is 1. The van der Waals surface area contributed by atoms with Crippen LogP contribution in [-0.2, 0) is 4.79 Å². The van der Waals surface area contributed by atoms with Crippen LogP contribution in [0, 0.1) is 10.1 Å². The van der Waals surface area contributed by atoms with Crippen molar-refractivity contribution in [2.45, 2.75) is 12.1 Å². The number of para-hydroxylation sites is 2. The van der Waals surface area contributed by atoms with Gasteiger partial charge in [0, 0.05) is 12.1 Å². The first-order chi connectivity index (χ1) is 12.5. The lowest BCUT2D eigenvalue weighted by Gasteiger charge is -2.02. The van der Waals surface area contributed by atoms with E-state index in [4.69, 9.17) is 0 Å². The van der Waals surface area contributed by atoms with Gasteiger partial charge in [-0.3, -0.25) is 14.9 Å². The Kier molecular flexibility index (Phi) is 5.28. The minimum absolute atomic E-state index is 0.00724. The van der Waals surface area contributed by atoms with E-state index in [2.05, 4.69) is 20.5 Å². The molecule has 0 aliphatic rings. The van der Waals surface area contributed by atoms with E-state index in [0.29, 0.717) is 16.4 Å². The zero-order valence-corrected chi connectivity index (χ0v) is 14.6. The molecule has 0 bridgehead atoms. The Morgan fingerprint density at radius 2 is 2.00 bits per heavy atom. The van der Waals surface area contributed by atoms with Gasteiger partial charge in [0.05, 0.1) is 27.4 Å². The molecule has 2 aromatic carbocycles. The summed E-state index contributed by atoms with van der Waals surface area (Å²) in [5.41, 5.74) is 5.50. The normalized spacial score (nSPS) is 11.5. The maximum atomic E-state index is 11.9. The quantitative estimate of drug-likeness (QED) is 0.300. The van der Waals surface area contributed by atoms with E-state index in [1.54, 1.807) is 19.1 Å². The molecule has 0 radical (unpaired) electrons. The molecule has 0 atom stereocenters. The standard InChI is InChI=1S/C17H15N5O3S/c1-11(12-6-8-13(9-7-12)22(24)25)20-21-16(23)10-26-17-18-14-4-2-3-5-15(14)19-17/h2-9H,10H2,1H3,(H,18,19)(H,21,23)/b20-11-. The number of non-ortho nitro benzene ring substituents is 1. The number of H-pyrrole nitrogens is 1. The summed E-state index contributed by atoms with van der Waals surface area (Å²) >= 11 is 1.28. The fourth-order valence-corrected chi connectivity index (χ4v) is 2.88. The molecule has 0 spiro atoms. The van der Waals surface area contributed by atoms with Crippen LogP contribution in [0.25, 0.3) is 11.0 Å². The fraction of sp³-hybridized carbons (Fsp3) is 0.118. The Bertz CT molecular complexity index is 948. The molecule has 1 heterocycles. The minimum atomic E-state index is -0.465. The van der Waals surface area contributed by atoms with Gasteiger partial charge in [-0.15, -0.1) is 0 Å². The highest BCUT2D eigenvalue weighted by atomic mass is 32.2. The maximum absolute atomic E-state index is 11.9. The second-order valence-corrected chi connectivity index (χ2v) is 6.35. The van der Waals surface area contributed by atoms with Crippen LogP contribution >= 0.6 is 11.8 Å². The average Bonchev–Trinajstić information content (AvgIpc) is 3.07. The van der Waals surface area contributed by atoms with Crippen molar-refractivity contribution in [1.29, 1.82) is 0 Å². The predicted octanol–water partition coefficient (Wildman–Crippen LogP) is 3.10. The van der Waals surface area contributed by atoms with E-state index in [1.807, 2.05) is 24.3 Å². The zero-order chi connectivity index (χ0) is 18.5. The SMILES string of the molecule is C/C(=N/NC(=O)CSc1nc2ccccc2[nH]1)c1ccc([N+](=O)[O-])cc1. The highest BCUT2D eigenvalue weighted by Gasteiger charge is 2.08. The summed E-state index contributed by atoms with van der Waals surface area (Å²) < 4.78 is 0. The molecule has 26 heavy (non-hydrogen) atoms. The molecule has 132 valence electrons. The number of hydrazone groups is 1. The lowest BCUT2D eigenvalue weighted by atomic mass is 10.1. The van der Waals surface area contributed by atoms with Crippen molar-refractivity contribution in [1.82, 2.24) is 15.4 Å². The third-order valence-corrected chi connectivity index (χ3v) is 4.43. The maximum Gasteiger partial charge on any atom is 0.269 e. The number of hydrogen-bond donors (Lipinski definition) is 2. The molecule has 1 amide bonds. The molecule has 8 nitrogen and oxygen atoms in total. The number of hydrogen-bond acceptors (Lipinski definition) is 6. The van der Waals surface area contributed by atoms with Crippen molar-refractivity contribution in [3.63, 3.8) is 0 Å². The average molecular weight is 369 g/mol. The number of aromatic amines is 1. The molecule has 3 rings (SSSR count). The van der Waals surface area contributed by atoms with Crippen molar-refractivity contribution in [2.24, 2.45) is 5.10 Å². The molecule has 0 aliphatic heterocycles. The number of nitrogens with one attached hydrogen (secondary N) is 2. The van der Waals surface area contributed by atoms with Crippen LogP contribution in [0.2, 0.25) is 0 Å². The van der Waals surface area contributed by atoms with Gasteiger partial charge in [0.15, 0.2) is 5.16 Å². The topological polar surface area (TPSA) is 113 Å².